The van der Waals surface area contributed by atoms with Gasteiger partial charge in [-0.3, -0.25) is 9.36 Å². The summed E-state index contributed by atoms with van der Waals surface area (Å²) in [5.41, 5.74) is 5.60. The van der Waals surface area contributed by atoms with Crippen molar-refractivity contribution in [2.24, 2.45) is 0 Å². The highest BCUT2D eigenvalue weighted by Crippen LogP contribution is 2.38. The van der Waals surface area contributed by atoms with Crippen molar-refractivity contribution >= 4 is 27.5 Å². The van der Waals surface area contributed by atoms with E-state index in [1.54, 1.807) is 4.57 Å². The lowest BCUT2D eigenvalue weighted by atomic mass is 10.1. The molecule has 1 aliphatic heterocycles. The quantitative estimate of drug-likeness (QED) is 0.480. The van der Waals surface area contributed by atoms with Crippen molar-refractivity contribution in [2.45, 2.75) is 13.1 Å². The van der Waals surface area contributed by atoms with Gasteiger partial charge in [0.25, 0.3) is 5.56 Å². The number of nitrogens with zero attached hydrogens (tertiary/aromatic N) is 3. The molecule has 6 rings (SSSR count). The summed E-state index contributed by atoms with van der Waals surface area (Å²) in [6, 6.07) is 25.9. The van der Waals surface area contributed by atoms with Gasteiger partial charge in [-0.2, -0.15) is 0 Å². The van der Waals surface area contributed by atoms with Crippen LogP contribution in [0.4, 0.5) is 5.69 Å². The normalized spacial score (nSPS) is 12.1. The van der Waals surface area contributed by atoms with E-state index in [1.807, 2.05) is 60.7 Å². The van der Waals surface area contributed by atoms with E-state index in [2.05, 4.69) is 23.5 Å². The molecule has 0 unspecified atom stereocenters. The average Bonchev–Trinajstić information content (AvgIpc) is 3.16. The highest BCUT2D eigenvalue weighted by Gasteiger charge is 2.27. The molecule has 5 aromatic rings. The molecule has 0 spiro atoms. The summed E-state index contributed by atoms with van der Waals surface area (Å²) in [6.07, 6.45) is 0. The number of benzene rings is 3. The van der Waals surface area contributed by atoms with Gasteiger partial charge < -0.3 is 5.32 Å². The van der Waals surface area contributed by atoms with E-state index in [1.165, 1.54) is 5.56 Å². The molecule has 3 heterocycles. The molecule has 144 valence electrons. The molecular weight excluding hydrogens is 372 g/mol. The second-order valence-corrected chi connectivity index (χ2v) is 7.51. The molecule has 5 heteroatoms. The molecule has 0 atom stereocenters. The Kier molecular flexibility index (Phi) is 3.68. The Bertz CT molecular complexity index is 1490. The van der Waals surface area contributed by atoms with Gasteiger partial charge in [0.15, 0.2) is 5.82 Å². The van der Waals surface area contributed by atoms with Crippen LogP contribution in [0, 0.1) is 0 Å². The van der Waals surface area contributed by atoms with E-state index in [0.717, 1.165) is 27.8 Å². The summed E-state index contributed by atoms with van der Waals surface area (Å²) in [4.78, 5) is 22.8. The maximum Gasteiger partial charge on any atom is 0.262 e. The van der Waals surface area contributed by atoms with Gasteiger partial charge in [-0.25, -0.2) is 9.97 Å². The van der Waals surface area contributed by atoms with Gasteiger partial charge in [0.1, 0.15) is 5.69 Å². The van der Waals surface area contributed by atoms with Crippen LogP contribution in [-0.4, -0.2) is 14.5 Å². The van der Waals surface area contributed by atoms with Crippen LogP contribution in [-0.2, 0) is 13.1 Å². The molecular formula is C25H18N4O. The first-order chi connectivity index (χ1) is 14.8. The molecule has 3 aromatic carbocycles. The Hall–Kier alpha value is -3.99. The molecule has 0 saturated heterocycles. The SMILES string of the molecule is O=c1c2ccccc2nc2n1Cc1c-2nc2ccccc2c1NCc1ccccc1. The van der Waals surface area contributed by atoms with E-state index in [9.17, 15) is 4.79 Å². The third kappa shape index (κ3) is 2.52. The summed E-state index contributed by atoms with van der Waals surface area (Å²) in [7, 11) is 0. The minimum absolute atomic E-state index is 0.0216. The standard InChI is InChI=1S/C25H18N4O/c30-25-18-11-5-7-13-21(18)28-24-23-19(15-29(24)25)22(17-10-4-6-12-20(17)27-23)26-14-16-8-2-1-3-9-16/h1-13H,14-15H2,(H,26,27). The predicted molar refractivity (Wildman–Crippen MR) is 120 cm³/mol. The van der Waals surface area contributed by atoms with Crippen LogP contribution in [0.15, 0.2) is 83.7 Å². The van der Waals surface area contributed by atoms with Crippen molar-refractivity contribution in [1.29, 1.82) is 0 Å². The third-order valence-electron chi connectivity index (χ3n) is 5.70. The molecule has 0 amide bonds. The van der Waals surface area contributed by atoms with Crippen molar-refractivity contribution in [1.82, 2.24) is 14.5 Å². The highest BCUT2D eigenvalue weighted by molar-refractivity contribution is 5.97. The van der Waals surface area contributed by atoms with Crippen LogP contribution < -0.4 is 10.9 Å². The number of aromatic nitrogens is 3. The fourth-order valence-electron chi connectivity index (χ4n) is 4.23. The maximum atomic E-state index is 13.1. The van der Waals surface area contributed by atoms with E-state index < -0.39 is 0 Å². The molecule has 1 aliphatic rings. The van der Waals surface area contributed by atoms with Crippen molar-refractivity contribution in [3.05, 3.63) is 100 Å². The first-order valence-corrected chi connectivity index (χ1v) is 9.99. The number of hydrogen-bond donors (Lipinski definition) is 1. The lowest BCUT2D eigenvalue weighted by Gasteiger charge is -2.14. The Balaban J connectivity index is 1.57. The van der Waals surface area contributed by atoms with Crippen molar-refractivity contribution in [2.75, 3.05) is 5.32 Å². The van der Waals surface area contributed by atoms with Crippen LogP contribution in [0.2, 0.25) is 0 Å². The predicted octanol–water partition coefficient (Wildman–Crippen LogP) is 4.59. The fourth-order valence-corrected chi connectivity index (χ4v) is 4.23. The molecule has 1 N–H and O–H groups in total. The lowest BCUT2D eigenvalue weighted by Crippen LogP contribution is -2.20. The highest BCUT2D eigenvalue weighted by atomic mass is 16.1. The van der Waals surface area contributed by atoms with E-state index in [4.69, 9.17) is 9.97 Å². The van der Waals surface area contributed by atoms with E-state index in [0.29, 0.717) is 29.8 Å². The molecule has 30 heavy (non-hydrogen) atoms. The second kappa shape index (κ2) is 6.52. The first kappa shape index (κ1) is 16.9. The minimum atomic E-state index is -0.0216. The van der Waals surface area contributed by atoms with Crippen LogP contribution in [0.25, 0.3) is 33.3 Å². The first-order valence-electron chi connectivity index (χ1n) is 9.99. The molecule has 2 aromatic heterocycles. The van der Waals surface area contributed by atoms with Gasteiger partial charge >= 0.3 is 0 Å². The van der Waals surface area contributed by atoms with Crippen LogP contribution in [0.3, 0.4) is 0 Å². The monoisotopic (exact) mass is 390 g/mol. The summed E-state index contributed by atoms with van der Waals surface area (Å²) in [5, 5.41) is 5.31. The number of pyridine rings is 1. The zero-order valence-corrected chi connectivity index (χ0v) is 16.2. The second-order valence-electron chi connectivity index (χ2n) is 7.51. The van der Waals surface area contributed by atoms with Gasteiger partial charge in [0.05, 0.1) is 28.7 Å². The molecule has 0 radical (unpaired) electrons. The number of fused-ring (bicyclic) bond motifs is 5. The van der Waals surface area contributed by atoms with E-state index >= 15 is 0 Å². The van der Waals surface area contributed by atoms with Crippen LogP contribution in [0.1, 0.15) is 11.1 Å². The third-order valence-corrected chi connectivity index (χ3v) is 5.70. The molecule has 0 aliphatic carbocycles. The summed E-state index contributed by atoms with van der Waals surface area (Å²) in [6.45, 7) is 1.16. The van der Waals surface area contributed by atoms with E-state index in [-0.39, 0.29) is 5.56 Å². The fraction of sp³-hybridized carbons (Fsp3) is 0.0800. The van der Waals surface area contributed by atoms with Gasteiger partial charge in [0, 0.05) is 17.5 Å². The van der Waals surface area contributed by atoms with Gasteiger partial charge in [-0.05, 0) is 23.8 Å². The Labute approximate surface area is 172 Å². The summed E-state index contributed by atoms with van der Waals surface area (Å²) in [5.74, 6) is 0.641. The molecule has 0 saturated carbocycles. The molecule has 0 fully saturated rings. The number of rotatable bonds is 3. The smallest absolute Gasteiger partial charge is 0.262 e. The Morgan fingerprint density at radius 3 is 2.27 bits per heavy atom. The van der Waals surface area contributed by atoms with Crippen molar-refractivity contribution in [3.63, 3.8) is 0 Å². The Morgan fingerprint density at radius 1 is 0.800 bits per heavy atom. The number of nitrogens with one attached hydrogen (secondary N) is 1. The van der Waals surface area contributed by atoms with Crippen LogP contribution in [0.5, 0.6) is 0 Å². The largest absolute Gasteiger partial charge is 0.380 e. The summed E-state index contributed by atoms with van der Waals surface area (Å²) >= 11 is 0. The molecule has 5 nitrogen and oxygen atoms in total. The van der Waals surface area contributed by atoms with Gasteiger partial charge in [-0.15, -0.1) is 0 Å². The number of anilines is 1. The number of para-hydroxylation sites is 2. The maximum absolute atomic E-state index is 13.1. The number of hydrogen-bond acceptors (Lipinski definition) is 4. The minimum Gasteiger partial charge on any atom is -0.380 e. The van der Waals surface area contributed by atoms with Crippen molar-refractivity contribution < 1.29 is 0 Å². The van der Waals surface area contributed by atoms with Gasteiger partial charge in [-0.1, -0.05) is 60.7 Å². The molecule has 0 bridgehead atoms. The zero-order chi connectivity index (χ0) is 20.1. The van der Waals surface area contributed by atoms with Crippen LogP contribution >= 0.6 is 0 Å². The topological polar surface area (TPSA) is 59.8 Å². The summed E-state index contributed by atoms with van der Waals surface area (Å²) < 4.78 is 1.74. The van der Waals surface area contributed by atoms with Gasteiger partial charge in [0.2, 0.25) is 0 Å². The van der Waals surface area contributed by atoms with Crippen molar-refractivity contribution in [3.8, 4) is 11.5 Å². The zero-order valence-electron chi connectivity index (χ0n) is 16.2. The average molecular weight is 390 g/mol. The Morgan fingerprint density at radius 2 is 1.47 bits per heavy atom. The lowest BCUT2D eigenvalue weighted by molar-refractivity contribution is 0.797.